The molecule has 1 atom stereocenters. The average Bonchev–Trinajstić information content (AvgIpc) is 2.43. The summed E-state index contributed by atoms with van der Waals surface area (Å²) < 4.78 is 5.41. The molecule has 0 aliphatic carbocycles. The van der Waals surface area contributed by atoms with Gasteiger partial charge < -0.3 is 15.0 Å². The van der Waals surface area contributed by atoms with Crippen molar-refractivity contribution in [3.8, 4) is 0 Å². The summed E-state index contributed by atoms with van der Waals surface area (Å²) in [6.07, 6.45) is 0.759. The zero-order valence-corrected chi connectivity index (χ0v) is 11.3. The van der Waals surface area contributed by atoms with Crippen molar-refractivity contribution < 1.29 is 9.53 Å². The van der Waals surface area contributed by atoms with Gasteiger partial charge in [-0.2, -0.15) is 0 Å². The van der Waals surface area contributed by atoms with E-state index in [1.165, 1.54) is 0 Å². The number of halogens is 1. The van der Waals surface area contributed by atoms with E-state index in [4.69, 9.17) is 16.3 Å². The summed E-state index contributed by atoms with van der Waals surface area (Å²) >= 11 is 5.85. The first kappa shape index (κ1) is 12.8. The molecule has 3 rings (SSSR count). The number of amides is 1. The van der Waals surface area contributed by atoms with Gasteiger partial charge in [0.25, 0.3) is 5.91 Å². The van der Waals surface area contributed by atoms with Crippen LogP contribution in [0.1, 0.15) is 16.1 Å². The zero-order chi connectivity index (χ0) is 13.2. The van der Waals surface area contributed by atoms with Crippen molar-refractivity contribution >= 4 is 17.5 Å². The van der Waals surface area contributed by atoms with Crippen molar-refractivity contribution in [2.75, 3.05) is 32.8 Å². The minimum atomic E-state index is 0.0396. The molecule has 0 aromatic carbocycles. The predicted octanol–water partition coefficient (Wildman–Crippen LogP) is 0.722. The summed E-state index contributed by atoms with van der Waals surface area (Å²) in [5.74, 6) is 0.0396. The molecule has 1 aromatic heterocycles. The Kier molecular flexibility index (Phi) is 3.68. The van der Waals surface area contributed by atoms with Crippen molar-refractivity contribution in [1.29, 1.82) is 0 Å². The summed E-state index contributed by atoms with van der Waals surface area (Å²) in [6.45, 7) is 3.63. The number of carbonyl (C=O) groups excluding carboxylic acids is 1. The largest absolute Gasteiger partial charge is 0.378 e. The lowest BCUT2D eigenvalue weighted by Gasteiger charge is -2.33. The van der Waals surface area contributed by atoms with Gasteiger partial charge in [0.1, 0.15) is 5.15 Å². The van der Waals surface area contributed by atoms with E-state index in [1.54, 1.807) is 12.1 Å². The van der Waals surface area contributed by atoms with Gasteiger partial charge in [-0.25, -0.2) is 4.98 Å². The van der Waals surface area contributed by atoms with Crippen molar-refractivity contribution in [3.63, 3.8) is 0 Å². The quantitative estimate of drug-likeness (QED) is 0.812. The van der Waals surface area contributed by atoms with E-state index in [0.29, 0.717) is 30.4 Å². The van der Waals surface area contributed by atoms with Gasteiger partial charge in [0.2, 0.25) is 0 Å². The molecule has 2 aliphatic rings. The van der Waals surface area contributed by atoms with Crippen LogP contribution in [0.2, 0.25) is 5.15 Å². The van der Waals surface area contributed by atoms with Crippen LogP contribution in [0.5, 0.6) is 0 Å². The fourth-order valence-electron chi connectivity index (χ4n) is 2.55. The highest BCUT2D eigenvalue weighted by Gasteiger charge is 2.27. The third kappa shape index (κ3) is 2.73. The number of aromatic nitrogens is 1. The van der Waals surface area contributed by atoms with E-state index in [0.717, 1.165) is 25.3 Å². The standard InChI is InChI=1S/C13H16ClN3O2/c14-12-2-1-10-11(16-12)3-5-17(13(10)18)7-9-8-19-6-4-15-9/h1-2,9,15H,3-8H2/t9-/m0/s1. The Bertz CT molecular complexity index is 489. The highest BCUT2D eigenvalue weighted by Crippen LogP contribution is 2.19. The highest BCUT2D eigenvalue weighted by atomic mass is 35.5. The lowest BCUT2D eigenvalue weighted by molar-refractivity contribution is 0.0510. The fraction of sp³-hybridized carbons (Fsp3) is 0.538. The Morgan fingerprint density at radius 2 is 2.42 bits per heavy atom. The third-order valence-corrected chi connectivity index (χ3v) is 3.73. The van der Waals surface area contributed by atoms with Crippen LogP contribution in [0.15, 0.2) is 12.1 Å². The maximum Gasteiger partial charge on any atom is 0.255 e. The van der Waals surface area contributed by atoms with Gasteiger partial charge in [-0.05, 0) is 12.1 Å². The first-order chi connectivity index (χ1) is 9.24. The van der Waals surface area contributed by atoms with Crippen LogP contribution in [0.4, 0.5) is 0 Å². The molecule has 0 bridgehead atoms. The van der Waals surface area contributed by atoms with E-state index in [-0.39, 0.29) is 11.9 Å². The average molecular weight is 282 g/mol. The van der Waals surface area contributed by atoms with Gasteiger partial charge in [-0.3, -0.25) is 4.79 Å². The lowest BCUT2D eigenvalue weighted by atomic mass is 10.0. The number of fused-ring (bicyclic) bond motifs is 1. The number of hydrogen-bond donors (Lipinski definition) is 1. The number of nitrogens with one attached hydrogen (secondary N) is 1. The minimum Gasteiger partial charge on any atom is -0.378 e. The number of hydrogen-bond acceptors (Lipinski definition) is 4. The second kappa shape index (κ2) is 5.45. The first-order valence-corrected chi connectivity index (χ1v) is 6.87. The molecule has 1 amide bonds. The molecule has 3 heterocycles. The molecule has 5 nitrogen and oxygen atoms in total. The molecule has 1 saturated heterocycles. The van der Waals surface area contributed by atoms with Crippen LogP contribution in [0.3, 0.4) is 0 Å². The first-order valence-electron chi connectivity index (χ1n) is 6.50. The molecule has 0 saturated carbocycles. The number of morpholine rings is 1. The van der Waals surface area contributed by atoms with Gasteiger partial charge >= 0.3 is 0 Å². The van der Waals surface area contributed by atoms with E-state index in [1.807, 2.05) is 4.90 Å². The molecule has 19 heavy (non-hydrogen) atoms. The predicted molar refractivity (Wildman–Crippen MR) is 71.5 cm³/mol. The Balaban J connectivity index is 1.72. The Labute approximate surface area is 116 Å². The Hall–Kier alpha value is -1.17. The molecule has 1 N–H and O–H groups in total. The van der Waals surface area contributed by atoms with Crippen LogP contribution in [-0.4, -0.2) is 54.7 Å². The van der Waals surface area contributed by atoms with Crippen molar-refractivity contribution in [3.05, 3.63) is 28.5 Å². The minimum absolute atomic E-state index is 0.0396. The van der Waals surface area contributed by atoms with Gasteiger partial charge in [0.15, 0.2) is 0 Å². The molecule has 1 aromatic rings. The second-order valence-electron chi connectivity index (χ2n) is 4.86. The van der Waals surface area contributed by atoms with Crippen LogP contribution in [0.25, 0.3) is 0 Å². The summed E-state index contributed by atoms with van der Waals surface area (Å²) in [4.78, 5) is 18.5. The highest BCUT2D eigenvalue weighted by molar-refractivity contribution is 6.29. The number of ether oxygens (including phenoxy) is 1. The summed E-state index contributed by atoms with van der Waals surface area (Å²) in [5, 5.41) is 3.81. The molecule has 2 aliphatic heterocycles. The molecule has 1 fully saturated rings. The SMILES string of the molecule is O=C1c2ccc(Cl)nc2CCN1C[C@H]1COCCN1. The molecule has 102 valence electrons. The number of carbonyl (C=O) groups is 1. The fourth-order valence-corrected chi connectivity index (χ4v) is 2.71. The zero-order valence-electron chi connectivity index (χ0n) is 10.6. The van der Waals surface area contributed by atoms with Crippen molar-refractivity contribution in [1.82, 2.24) is 15.2 Å². The van der Waals surface area contributed by atoms with E-state index < -0.39 is 0 Å². The number of pyridine rings is 1. The van der Waals surface area contributed by atoms with Crippen LogP contribution in [0, 0.1) is 0 Å². The molecule has 6 heteroatoms. The van der Waals surface area contributed by atoms with Crippen LogP contribution >= 0.6 is 11.6 Å². The molecular weight excluding hydrogens is 266 g/mol. The van der Waals surface area contributed by atoms with E-state index in [9.17, 15) is 4.79 Å². The summed E-state index contributed by atoms with van der Waals surface area (Å²) in [6, 6.07) is 3.66. The molecular formula is C13H16ClN3O2. The van der Waals surface area contributed by atoms with Crippen molar-refractivity contribution in [2.45, 2.75) is 12.5 Å². The Morgan fingerprint density at radius 1 is 1.53 bits per heavy atom. The van der Waals surface area contributed by atoms with Gasteiger partial charge in [-0.1, -0.05) is 11.6 Å². The number of nitrogens with zero attached hydrogens (tertiary/aromatic N) is 2. The van der Waals surface area contributed by atoms with Crippen LogP contribution < -0.4 is 5.32 Å². The normalized spacial score (nSPS) is 23.3. The van der Waals surface area contributed by atoms with Gasteiger partial charge in [-0.15, -0.1) is 0 Å². The van der Waals surface area contributed by atoms with Gasteiger partial charge in [0.05, 0.1) is 24.5 Å². The van der Waals surface area contributed by atoms with Crippen molar-refractivity contribution in [2.24, 2.45) is 0 Å². The smallest absolute Gasteiger partial charge is 0.255 e. The van der Waals surface area contributed by atoms with E-state index in [2.05, 4.69) is 10.3 Å². The lowest BCUT2D eigenvalue weighted by Crippen LogP contribution is -2.51. The maximum absolute atomic E-state index is 12.4. The Morgan fingerprint density at radius 3 is 3.21 bits per heavy atom. The van der Waals surface area contributed by atoms with E-state index >= 15 is 0 Å². The molecule has 0 unspecified atom stereocenters. The monoisotopic (exact) mass is 281 g/mol. The molecule has 0 spiro atoms. The summed E-state index contributed by atoms with van der Waals surface area (Å²) in [7, 11) is 0. The topological polar surface area (TPSA) is 54.5 Å². The van der Waals surface area contributed by atoms with Gasteiger partial charge in [0, 0.05) is 32.1 Å². The summed E-state index contributed by atoms with van der Waals surface area (Å²) in [5.41, 5.74) is 1.48. The number of rotatable bonds is 2. The van der Waals surface area contributed by atoms with Crippen LogP contribution in [-0.2, 0) is 11.2 Å². The maximum atomic E-state index is 12.4. The third-order valence-electron chi connectivity index (χ3n) is 3.52. The second-order valence-corrected chi connectivity index (χ2v) is 5.24. The molecule has 0 radical (unpaired) electrons.